The second kappa shape index (κ2) is 7.22. The Balaban J connectivity index is 3.05. The van der Waals surface area contributed by atoms with Crippen LogP contribution in [0.5, 0.6) is 0 Å². The van der Waals surface area contributed by atoms with E-state index >= 15 is 0 Å². The zero-order chi connectivity index (χ0) is 15.3. The summed E-state index contributed by atoms with van der Waals surface area (Å²) in [4.78, 5) is 0.0783. The standard InChI is InChI=1S/C14H20ClNO3S/c1-4-10(3)14(13(17)5-2)16-20(18,19)12-8-6-7-11(15)9-12/h5-10,13-14,16-17H,2,4H2,1,3H3/t10-,13?,14-/m0/s1. The fourth-order valence-corrected chi connectivity index (χ4v) is 3.47. The number of benzene rings is 1. The predicted molar refractivity (Wildman–Crippen MR) is 81.2 cm³/mol. The quantitative estimate of drug-likeness (QED) is 0.760. The molecule has 0 heterocycles. The molecule has 0 aliphatic heterocycles. The summed E-state index contributed by atoms with van der Waals surface area (Å²) in [6, 6.07) is 5.38. The number of hydrogen-bond donors (Lipinski definition) is 2. The van der Waals surface area contributed by atoms with E-state index in [1.54, 1.807) is 12.1 Å². The van der Waals surface area contributed by atoms with Crippen molar-refractivity contribution in [2.45, 2.75) is 37.3 Å². The van der Waals surface area contributed by atoms with Crippen LogP contribution < -0.4 is 4.72 Å². The van der Waals surface area contributed by atoms with Gasteiger partial charge in [0.25, 0.3) is 0 Å². The molecular formula is C14H20ClNO3S. The van der Waals surface area contributed by atoms with Crippen LogP contribution in [0.4, 0.5) is 0 Å². The van der Waals surface area contributed by atoms with E-state index in [-0.39, 0.29) is 10.8 Å². The lowest BCUT2D eigenvalue weighted by Gasteiger charge is -2.27. The molecule has 0 aliphatic rings. The first-order valence-corrected chi connectivity index (χ1v) is 8.26. The van der Waals surface area contributed by atoms with Gasteiger partial charge in [0.1, 0.15) is 0 Å². The molecule has 0 saturated carbocycles. The number of rotatable bonds is 7. The Kier molecular flexibility index (Phi) is 6.20. The Morgan fingerprint density at radius 1 is 1.50 bits per heavy atom. The van der Waals surface area contributed by atoms with E-state index in [1.807, 2.05) is 13.8 Å². The molecule has 1 rings (SSSR count). The molecule has 6 heteroatoms. The molecule has 0 fully saturated rings. The Morgan fingerprint density at radius 3 is 2.65 bits per heavy atom. The number of aliphatic hydroxyl groups is 1. The fourth-order valence-electron chi connectivity index (χ4n) is 1.80. The summed E-state index contributed by atoms with van der Waals surface area (Å²) in [7, 11) is -3.73. The van der Waals surface area contributed by atoms with Crippen LogP contribution in [0.15, 0.2) is 41.8 Å². The molecular weight excluding hydrogens is 298 g/mol. The third kappa shape index (κ3) is 4.31. The van der Waals surface area contributed by atoms with E-state index in [4.69, 9.17) is 11.6 Å². The van der Waals surface area contributed by atoms with Crippen LogP contribution in [0.1, 0.15) is 20.3 Å². The lowest BCUT2D eigenvalue weighted by atomic mass is 9.95. The second-order valence-electron chi connectivity index (χ2n) is 4.72. The van der Waals surface area contributed by atoms with Crippen molar-refractivity contribution in [1.82, 2.24) is 4.72 Å². The van der Waals surface area contributed by atoms with Gasteiger partial charge in [-0.2, -0.15) is 0 Å². The van der Waals surface area contributed by atoms with Gasteiger partial charge < -0.3 is 5.11 Å². The first-order valence-electron chi connectivity index (χ1n) is 6.40. The van der Waals surface area contributed by atoms with Gasteiger partial charge in [0.05, 0.1) is 17.0 Å². The molecule has 3 atom stereocenters. The van der Waals surface area contributed by atoms with Gasteiger partial charge >= 0.3 is 0 Å². The topological polar surface area (TPSA) is 66.4 Å². The minimum Gasteiger partial charge on any atom is -0.387 e. The minimum atomic E-state index is -3.73. The molecule has 0 saturated heterocycles. The highest BCUT2D eigenvalue weighted by Gasteiger charge is 2.28. The highest BCUT2D eigenvalue weighted by atomic mass is 35.5. The van der Waals surface area contributed by atoms with Gasteiger partial charge in [0.15, 0.2) is 0 Å². The monoisotopic (exact) mass is 317 g/mol. The Hall–Kier alpha value is -0.880. The molecule has 112 valence electrons. The van der Waals surface area contributed by atoms with E-state index in [0.717, 1.165) is 6.42 Å². The van der Waals surface area contributed by atoms with Gasteiger partial charge in [-0.1, -0.05) is 44.0 Å². The Morgan fingerprint density at radius 2 is 2.15 bits per heavy atom. The summed E-state index contributed by atoms with van der Waals surface area (Å²) in [5.74, 6) is -0.0306. The van der Waals surface area contributed by atoms with Crippen LogP contribution in [0, 0.1) is 5.92 Å². The highest BCUT2D eigenvalue weighted by molar-refractivity contribution is 7.89. The van der Waals surface area contributed by atoms with Crippen molar-refractivity contribution in [3.05, 3.63) is 41.9 Å². The molecule has 1 aromatic carbocycles. The Labute approximate surface area is 125 Å². The number of halogens is 1. The van der Waals surface area contributed by atoms with Crippen LogP contribution in [0.2, 0.25) is 5.02 Å². The van der Waals surface area contributed by atoms with Gasteiger partial charge in [-0.3, -0.25) is 0 Å². The van der Waals surface area contributed by atoms with Crippen LogP contribution >= 0.6 is 11.6 Å². The van der Waals surface area contributed by atoms with Gasteiger partial charge in [0.2, 0.25) is 10.0 Å². The summed E-state index contributed by atoms with van der Waals surface area (Å²) < 4.78 is 27.2. The van der Waals surface area contributed by atoms with Crippen molar-refractivity contribution in [1.29, 1.82) is 0 Å². The third-order valence-electron chi connectivity index (χ3n) is 3.26. The first kappa shape index (κ1) is 17.2. The van der Waals surface area contributed by atoms with E-state index in [9.17, 15) is 13.5 Å². The van der Waals surface area contributed by atoms with Gasteiger partial charge in [0, 0.05) is 5.02 Å². The second-order valence-corrected chi connectivity index (χ2v) is 6.87. The average molecular weight is 318 g/mol. The molecule has 1 aromatic rings. The summed E-state index contributed by atoms with van der Waals surface area (Å²) in [6.07, 6.45) is 1.12. The van der Waals surface area contributed by atoms with Crippen LogP contribution in [0.25, 0.3) is 0 Å². The molecule has 0 aromatic heterocycles. The lowest BCUT2D eigenvalue weighted by molar-refractivity contribution is 0.153. The third-order valence-corrected chi connectivity index (χ3v) is 4.96. The summed E-state index contributed by atoms with van der Waals surface area (Å²) >= 11 is 5.81. The molecule has 0 amide bonds. The molecule has 0 bridgehead atoms. The number of hydrogen-bond acceptors (Lipinski definition) is 3. The van der Waals surface area contributed by atoms with E-state index < -0.39 is 22.2 Å². The first-order chi connectivity index (χ1) is 9.31. The smallest absolute Gasteiger partial charge is 0.240 e. The van der Waals surface area contributed by atoms with E-state index in [2.05, 4.69) is 11.3 Å². The van der Waals surface area contributed by atoms with Crippen molar-refractivity contribution < 1.29 is 13.5 Å². The highest BCUT2D eigenvalue weighted by Crippen LogP contribution is 2.19. The summed E-state index contributed by atoms with van der Waals surface area (Å²) in [5, 5.41) is 10.3. The van der Waals surface area contributed by atoms with Gasteiger partial charge in [-0.05, 0) is 24.1 Å². The van der Waals surface area contributed by atoms with Crippen LogP contribution in [-0.2, 0) is 10.0 Å². The largest absolute Gasteiger partial charge is 0.387 e. The molecule has 1 unspecified atom stereocenters. The minimum absolute atomic E-state index is 0.0306. The lowest BCUT2D eigenvalue weighted by Crippen LogP contribution is -2.46. The van der Waals surface area contributed by atoms with Crippen molar-refractivity contribution >= 4 is 21.6 Å². The van der Waals surface area contributed by atoms with Crippen molar-refractivity contribution in [3.8, 4) is 0 Å². The predicted octanol–water partition coefficient (Wildman–Crippen LogP) is 2.58. The zero-order valence-electron chi connectivity index (χ0n) is 11.6. The SMILES string of the molecule is C=CC(O)[C@@H](NS(=O)(=O)c1cccc(Cl)c1)[C@@H](C)CC. The Bertz CT molecular complexity index is 559. The normalized spacial score (nSPS) is 16.4. The van der Waals surface area contributed by atoms with Gasteiger partial charge in [-0.15, -0.1) is 6.58 Å². The maximum Gasteiger partial charge on any atom is 0.240 e. The average Bonchev–Trinajstić information content (AvgIpc) is 2.43. The molecule has 0 aliphatic carbocycles. The maximum atomic E-state index is 12.3. The van der Waals surface area contributed by atoms with Crippen LogP contribution in [0.3, 0.4) is 0 Å². The van der Waals surface area contributed by atoms with Crippen molar-refractivity contribution in [3.63, 3.8) is 0 Å². The summed E-state index contributed by atoms with van der Waals surface area (Å²) in [5.41, 5.74) is 0. The number of sulfonamides is 1. The van der Waals surface area contributed by atoms with Crippen molar-refractivity contribution in [2.24, 2.45) is 5.92 Å². The number of aliphatic hydroxyl groups excluding tert-OH is 1. The van der Waals surface area contributed by atoms with Crippen molar-refractivity contribution in [2.75, 3.05) is 0 Å². The number of nitrogens with one attached hydrogen (secondary N) is 1. The molecule has 0 spiro atoms. The fraction of sp³-hybridized carbons (Fsp3) is 0.429. The van der Waals surface area contributed by atoms with E-state index in [1.165, 1.54) is 18.2 Å². The zero-order valence-corrected chi connectivity index (χ0v) is 13.2. The maximum absolute atomic E-state index is 12.3. The molecule has 0 radical (unpaired) electrons. The van der Waals surface area contributed by atoms with E-state index in [0.29, 0.717) is 5.02 Å². The molecule has 2 N–H and O–H groups in total. The summed E-state index contributed by atoms with van der Waals surface area (Å²) in [6.45, 7) is 7.31. The van der Waals surface area contributed by atoms with Gasteiger partial charge in [-0.25, -0.2) is 13.1 Å². The molecule has 20 heavy (non-hydrogen) atoms. The van der Waals surface area contributed by atoms with Crippen LogP contribution in [-0.4, -0.2) is 25.7 Å². The molecule has 4 nitrogen and oxygen atoms in total.